The van der Waals surface area contributed by atoms with Gasteiger partial charge in [0.2, 0.25) is 0 Å². The zero-order chi connectivity index (χ0) is 6.85. The van der Waals surface area contributed by atoms with E-state index in [4.69, 9.17) is 11.0 Å². The van der Waals surface area contributed by atoms with Gasteiger partial charge >= 0.3 is 0 Å². The molecule has 1 aliphatic rings. The molecule has 0 unspecified atom stereocenters. The Balaban J connectivity index is 2.25. The molecule has 3 heteroatoms. The number of rotatable bonds is 1. The van der Waals surface area contributed by atoms with Crippen LogP contribution in [-0.2, 0) is 0 Å². The van der Waals surface area contributed by atoms with Gasteiger partial charge in [0, 0.05) is 19.1 Å². The Bertz CT molecular complexity index is 132. The largest absolute Gasteiger partial charge is 0.325 e. The van der Waals surface area contributed by atoms with E-state index in [0.717, 1.165) is 13.1 Å². The molecule has 1 rings (SSSR count). The zero-order valence-electron chi connectivity index (χ0n) is 5.54. The fraction of sp³-hybridized carbons (Fsp3) is 0.833. The molecule has 0 aromatic heterocycles. The Morgan fingerprint density at radius 2 is 2.33 bits per heavy atom. The minimum absolute atomic E-state index is 0.0461. The van der Waals surface area contributed by atoms with E-state index in [0.29, 0.717) is 6.04 Å². The van der Waals surface area contributed by atoms with E-state index in [1.54, 1.807) is 0 Å². The minimum Gasteiger partial charge on any atom is -0.325 e. The number of nitrogens with two attached hydrogens (primary N) is 1. The van der Waals surface area contributed by atoms with Crippen molar-refractivity contribution in [3.8, 4) is 6.07 Å². The van der Waals surface area contributed by atoms with Crippen molar-refractivity contribution in [3.63, 3.8) is 0 Å². The summed E-state index contributed by atoms with van der Waals surface area (Å²) in [6, 6.07) is 2.51. The quantitative estimate of drug-likeness (QED) is 0.516. The normalized spacial score (nSPS) is 24.6. The highest BCUT2D eigenvalue weighted by atomic mass is 15.2. The lowest BCUT2D eigenvalue weighted by atomic mass is 10.1. The predicted molar refractivity (Wildman–Crippen MR) is 34.6 cm³/mol. The van der Waals surface area contributed by atoms with Crippen LogP contribution in [0.5, 0.6) is 0 Å². The molecule has 1 atom stereocenters. The van der Waals surface area contributed by atoms with Gasteiger partial charge in [0.15, 0.2) is 0 Å². The molecule has 0 spiro atoms. The lowest BCUT2D eigenvalue weighted by molar-refractivity contribution is 0.129. The van der Waals surface area contributed by atoms with Crippen molar-refractivity contribution in [1.29, 1.82) is 5.26 Å². The van der Waals surface area contributed by atoms with Crippen LogP contribution in [0.25, 0.3) is 0 Å². The van der Waals surface area contributed by atoms with Crippen LogP contribution in [-0.4, -0.2) is 30.1 Å². The van der Waals surface area contributed by atoms with Gasteiger partial charge in [-0.05, 0) is 6.92 Å². The number of nitriles is 1. The standard InChI is InChI=1S/C6H11N3/c1-5(2-7)9-3-6(8)4-9/h5-6H,3-4,8H2,1H3/t5-/m0/s1. The summed E-state index contributed by atoms with van der Waals surface area (Å²) in [4.78, 5) is 2.06. The Hall–Kier alpha value is -0.590. The number of nitrogens with zero attached hydrogens (tertiary/aromatic N) is 2. The molecule has 0 saturated carbocycles. The maximum Gasteiger partial charge on any atom is 0.0950 e. The fourth-order valence-corrected chi connectivity index (χ4v) is 0.947. The van der Waals surface area contributed by atoms with Crippen LogP contribution in [0.1, 0.15) is 6.92 Å². The van der Waals surface area contributed by atoms with Gasteiger partial charge < -0.3 is 5.73 Å². The summed E-state index contributed by atoms with van der Waals surface area (Å²) in [6.07, 6.45) is 0. The summed E-state index contributed by atoms with van der Waals surface area (Å²) in [5, 5.41) is 8.42. The van der Waals surface area contributed by atoms with Crippen LogP contribution < -0.4 is 5.73 Å². The van der Waals surface area contributed by atoms with Gasteiger partial charge in [-0.15, -0.1) is 0 Å². The van der Waals surface area contributed by atoms with Gasteiger partial charge in [-0.2, -0.15) is 5.26 Å². The number of hydrogen-bond donors (Lipinski definition) is 1. The second kappa shape index (κ2) is 2.34. The van der Waals surface area contributed by atoms with E-state index in [2.05, 4.69) is 11.0 Å². The molecule has 50 valence electrons. The van der Waals surface area contributed by atoms with E-state index >= 15 is 0 Å². The van der Waals surface area contributed by atoms with Crippen molar-refractivity contribution in [2.24, 2.45) is 5.73 Å². The highest BCUT2D eigenvalue weighted by Gasteiger charge is 2.26. The molecule has 1 fully saturated rings. The lowest BCUT2D eigenvalue weighted by Gasteiger charge is -2.38. The zero-order valence-corrected chi connectivity index (χ0v) is 5.54. The molecule has 0 aromatic carbocycles. The molecule has 9 heavy (non-hydrogen) atoms. The first-order valence-corrected chi connectivity index (χ1v) is 3.13. The first-order chi connectivity index (χ1) is 4.24. The van der Waals surface area contributed by atoms with Gasteiger partial charge in [-0.1, -0.05) is 0 Å². The SMILES string of the molecule is C[C@@H](C#N)N1CC(N)C1. The summed E-state index contributed by atoms with van der Waals surface area (Å²) >= 11 is 0. The van der Waals surface area contributed by atoms with Crippen LogP contribution in [0, 0.1) is 11.3 Å². The van der Waals surface area contributed by atoms with Gasteiger partial charge in [0.25, 0.3) is 0 Å². The fourth-order valence-electron chi connectivity index (χ4n) is 0.947. The van der Waals surface area contributed by atoms with Crippen molar-refractivity contribution >= 4 is 0 Å². The first kappa shape index (κ1) is 6.53. The molecule has 0 radical (unpaired) electrons. The van der Waals surface area contributed by atoms with Gasteiger partial charge in [-0.25, -0.2) is 0 Å². The Kier molecular flexibility index (Phi) is 1.70. The molecular weight excluding hydrogens is 114 g/mol. The highest BCUT2D eigenvalue weighted by molar-refractivity contribution is 4.95. The van der Waals surface area contributed by atoms with Crippen LogP contribution >= 0.6 is 0 Å². The predicted octanol–water partition coefficient (Wildman–Crippen LogP) is -0.459. The molecule has 1 saturated heterocycles. The maximum absolute atomic E-state index is 8.42. The van der Waals surface area contributed by atoms with Crippen molar-refractivity contribution in [2.45, 2.75) is 19.0 Å². The molecule has 0 bridgehead atoms. The molecular formula is C6H11N3. The molecule has 1 aliphatic heterocycles. The average molecular weight is 125 g/mol. The van der Waals surface area contributed by atoms with Gasteiger partial charge in [0.1, 0.15) is 0 Å². The molecule has 0 aromatic rings. The second-order valence-corrected chi connectivity index (χ2v) is 2.52. The third-order valence-electron chi connectivity index (χ3n) is 1.67. The maximum atomic E-state index is 8.42. The van der Waals surface area contributed by atoms with Gasteiger partial charge in [0.05, 0.1) is 12.1 Å². The summed E-state index contributed by atoms with van der Waals surface area (Å²) in [5.41, 5.74) is 5.51. The molecule has 1 heterocycles. The van der Waals surface area contributed by atoms with Crippen molar-refractivity contribution in [3.05, 3.63) is 0 Å². The van der Waals surface area contributed by atoms with Crippen molar-refractivity contribution < 1.29 is 0 Å². The van der Waals surface area contributed by atoms with Crippen LogP contribution in [0.3, 0.4) is 0 Å². The van der Waals surface area contributed by atoms with E-state index in [1.165, 1.54) is 0 Å². The summed E-state index contributed by atoms with van der Waals surface area (Å²) in [7, 11) is 0. The average Bonchev–Trinajstić information content (AvgIpc) is 1.79. The van der Waals surface area contributed by atoms with E-state index in [9.17, 15) is 0 Å². The molecule has 0 amide bonds. The third kappa shape index (κ3) is 1.21. The first-order valence-electron chi connectivity index (χ1n) is 3.13. The van der Waals surface area contributed by atoms with E-state index < -0.39 is 0 Å². The van der Waals surface area contributed by atoms with Crippen LogP contribution in [0.4, 0.5) is 0 Å². The Labute approximate surface area is 55.1 Å². The second-order valence-electron chi connectivity index (χ2n) is 2.52. The van der Waals surface area contributed by atoms with E-state index in [1.807, 2.05) is 6.92 Å². The Morgan fingerprint density at radius 3 is 2.67 bits per heavy atom. The minimum atomic E-state index is 0.0461. The number of likely N-dealkylation sites (tertiary alicyclic amines) is 1. The van der Waals surface area contributed by atoms with Gasteiger partial charge in [-0.3, -0.25) is 4.90 Å². The van der Waals surface area contributed by atoms with Crippen LogP contribution in [0.15, 0.2) is 0 Å². The number of hydrogen-bond acceptors (Lipinski definition) is 3. The highest BCUT2D eigenvalue weighted by Crippen LogP contribution is 2.08. The third-order valence-corrected chi connectivity index (χ3v) is 1.67. The molecule has 0 aliphatic carbocycles. The van der Waals surface area contributed by atoms with Crippen molar-refractivity contribution in [1.82, 2.24) is 4.90 Å². The topological polar surface area (TPSA) is 53.0 Å². The molecule has 2 N–H and O–H groups in total. The summed E-state index contributed by atoms with van der Waals surface area (Å²) < 4.78 is 0. The summed E-state index contributed by atoms with van der Waals surface area (Å²) in [6.45, 7) is 3.66. The summed E-state index contributed by atoms with van der Waals surface area (Å²) in [5.74, 6) is 0. The van der Waals surface area contributed by atoms with Crippen LogP contribution in [0.2, 0.25) is 0 Å². The molecule has 3 nitrogen and oxygen atoms in total. The smallest absolute Gasteiger partial charge is 0.0950 e. The van der Waals surface area contributed by atoms with Crippen molar-refractivity contribution in [2.75, 3.05) is 13.1 Å². The lowest BCUT2D eigenvalue weighted by Crippen LogP contribution is -2.58. The van der Waals surface area contributed by atoms with E-state index in [-0.39, 0.29) is 6.04 Å². The monoisotopic (exact) mass is 125 g/mol. The Morgan fingerprint density at radius 1 is 1.78 bits per heavy atom.